The summed E-state index contributed by atoms with van der Waals surface area (Å²) in [5.41, 5.74) is 7.51. The molecule has 1 aromatic heterocycles. The fourth-order valence-corrected chi connectivity index (χ4v) is 2.76. The quantitative estimate of drug-likeness (QED) is 0.434. The number of benzene rings is 1. The second-order valence-corrected chi connectivity index (χ2v) is 6.33. The van der Waals surface area contributed by atoms with Crippen molar-refractivity contribution in [1.29, 1.82) is 0 Å². The van der Waals surface area contributed by atoms with Gasteiger partial charge in [0.15, 0.2) is 0 Å². The normalized spacial score (nSPS) is 12.7. The van der Waals surface area contributed by atoms with Crippen LogP contribution in [0.25, 0.3) is 0 Å². The van der Waals surface area contributed by atoms with E-state index in [1.165, 1.54) is 25.4 Å². The van der Waals surface area contributed by atoms with Crippen molar-refractivity contribution in [3.8, 4) is 0 Å². The minimum Gasteiger partial charge on any atom is -0.465 e. The van der Waals surface area contributed by atoms with Gasteiger partial charge in [0, 0.05) is 18.1 Å². The maximum Gasteiger partial charge on any atom is 0.406 e. The second-order valence-electron chi connectivity index (χ2n) is 6.02. The summed E-state index contributed by atoms with van der Waals surface area (Å²) in [6.07, 6.45) is -1.89. The smallest absolute Gasteiger partial charge is 0.406 e. The van der Waals surface area contributed by atoms with E-state index in [1.807, 2.05) is 6.92 Å². The molecule has 0 amide bonds. The SMILES string of the molecule is COC(=O)c1ccc(N)c(N(Cc2cncn2CC(F)(F)F)C(C)CCl)c1. The number of hydrogen-bond donors (Lipinski definition) is 1. The predicted octanol–water partition coefficient (Wildman–Crippen LogP) is 3.45. The Hall–Kier alpha value is -2.42. The Morgan fingerprint density at radius 3 is 2.74 bits per heavy atom. The van der Waals surface area contributed by atoms with E-state index >= 15 is 0 Å². The lowest BCUT2D eigenvalue weighted by atomic mass is 10.1. The summed E-state index contributed by atoms with van der Waals surface area (Å²) >= 11 is 5.99. The monoisotopic (exact) mass is 404 g/mol. The van der Waals surface area contributed by atoms with Gasteiger partial charge >= 0.3 is 12.1 Å². The summed E-state index contributed by atoms with van der Waals surface area (Å²) in [6.45, 7) is 0.740. The van der Waals surface area contributed by atoms with E-state index in [0.717, 1.165) is 10.9 Å². The molecule has 0 radical (unpaired) electrons. The molecule has 2 rings (SSSR count). The average molecular weight is 405 g/mol. The standard InChI is InChI=1S/C17H20ClF3N4O2/c1-11(6-18)25(8-13-7-23-10-24(13)9-17(19,20)21)15-5-12(16(26)27-2)3-4-14(15)22/h3-5,7,10-11H,6,8-9,22H2,1-2H3. The summed E-state index contributed by atoms with van der Waals surface area (Å²) in [6, 6.07) is 4.33. The number of nitrogens with two attached hydrogens (primary N) is 1. The van der Waals surface area contributed by atoms with Crippen molar-refractivity contribution in [3.63, 3.8) is 0 Å². The molecule has 0 saturated carbocycles. The fourth-order valence-electron chi connectivity index (χ4n) is 2.59. The van der Waals surface area contributed by atoms with Gasteiger partial charge in [-0.3, -0.25) is 0 Å². The first-order chi connectivity index (χ1) is 12.7. The number of nitrogens with zero attached hydrogens (tertiary/aromatic N) is 3. The molecule has 0 fully saturated rings. The van der Waals surface area contributed by atoms with Crippen LogP contribution >= 0.6 is 11.6 Å². The first-order valence-electron chi connectivity index (χ1n) is 8.02. The number of alkyl halides is 4. The van der Waals surface area contributed by atoms with Crippen LogP contribution in [0.4, 0.5) is 24.5 Å². The molecule has 0 aliphatic rings. The van der Waals surface area contributed by atoms with Gasteiger partial charge in [-0.15, -0.1) is 11.6 Å². The number of hydrogen-bond acceptors (Lipinski definition) is 5. The van der Waals surface area contributed by atoms with Gasteiger partial charge in [0.05, 0.1) is 42.6 Å². The predicted molar refractivity (Wildman–Crippen MR) is 96.8 cm³/mol. The van der Waals surface area contributed by atoms with Gasteiger partial charge in [-0.1, -0.05) is 0 Å². The molecule has 1 unspecified atom stereocenters. The van der Waals surface area contributed by atoms with Crippen LogP contribution in [-0.4, -0.2) is 40.7 Å². The van der Waals surface area contributed by atoms with Gasteiger partial charge in [-0.05, 0) is 25.1 Å². The van der Waals surface area contributed by atoms with Gasteiger partial charge in [0.1, 0.15) is 6.54 Å². The molecular weight excluding hydrogens is 385 g/mol. The van der Waals surface area contributed by atoms with Crippen LogP contribution in [0, 0.1) is 0 Å². The minimum absolute atomic E-state index is 0.0821. The molecule has 0 aliphatic heterocycles. The van der Waals surface area contributed by atoms with Crippen LogP contribution in [-0.2, 0) is 17.8 Å². The lowest BCUT2D eigenvalue weighted by Crippen LogP contribution is -2.35. The zero-order valence-electron chi connectivity index (χ0n) is 14.8. The van der Waals surface area contributed by atoms with Crippen LogP contribution in [0.2, 0.25) is 0 Å². The topological polar surface area (TPSA) is 73.4 Å². The number of carbonyl (C=O) groups is 1. The van der Waals surface area contributed by atoms with Gasteiger partial charge in [-0.25, -0.2) is 9.78 Å². The average Bonchev–Trinajstić information content (AvgIpc) is 3.03. The molecule has 1 heterocycles. The van der Waals surface area contributed by atoms with Gasteiger partial charge in [0.2, 0.25) is 0 Å². The number of ether oxygens (including phenoxy) is 1. The Balaban J connectivity index is 2.41. The summed E-state index contributed by atoms with van der Waals surface area (Å²) < 4.78 is 44.1. The molecule has 0 aliphatic carbocycles. The van der Waals surface area contributed by atoms with E-state index in [2.05, 4.69) is 4.98 Å². The first kappa shape index (κ1) is 20.9. The zero-order valence-corrected chi connectivity index (χ0v) is 15.6. The maximum atomic E-state index is 12.8. The van der Waals surface area contributed by atoms with E-state index in [9.17, 15) is 18.0 Å². The number of methoxy groups -OCH3 is 1. The Bertz CT molecular complexity index is 795. The van der Waals surface area contributed by atoms with E-state index in [4.69, 9.17) is 22.1 Å². The van der Waals surface area contributed by atoms with E-state index in [-0.39, 0.29) is 24.0 Å². The van der Waals surface area contributed by atoms with E-state index in [1.54, 1.807) is 11.0 Å². The van der Waals surface area contributed by atoms with Gasteiger partial charge in [-0.2, -0.15) is 13.2 Å². The van der Waals surface area contributed by atoms with Crippen molar-refractivity contribution in [2.45, 2.75) is 32.2 Å². The number of nitrogen functional groups attached to an aromatic ring is 1. The number of rotatable bonds is 7. The molecule has 2 aromatic rings. The Labute approximate surface area is 159 Å². The van der Waals surface area contributed by atoms with E-state index < -0.39 is 18.7 Å². The molecule has 0 spiro atoms. The van der Waals surface area contributed by atoms with Crippen molar-refractivity contribution in [2.24, 2.45) is 0 Å². The van der Waals surface area contributed by atoms with Gasteiger partial charge in [0.25, 0.3) is 0 Å². The highest BCUT2D eigenvalue weighted by molar-refractivity contribution is 6.18. The Morgan fingerprint density at radius 1 is 1.44 bits per heavy atom. The highest BCUT2D eigenvalue weighted by Crippen LogP contribution is 2.29. The number of esters is 1. The lowest BCUT2D eigenvalue weighted by molar-refractivity contribution is -0.141. The van der Waals surface area contributed by atoms with Crippen molar-refractivity contribution in [1.82, 2.24) is 9.55 Å². The molecule has 2 N–H and O–H groups in total. The minimum atomic E-state index is -4.37. The van der Waals surface area contributed by atoms with E-state index in [0.29, 0.717) is 17.1 Å². The Kier molecular flexibility index (Phi) is 6.59. The molecule has 1 atom stereocenters. The van der Waals surface area contributed by atoms with Crippen molar-refractivity contribution in [3.05, 3.63) is 42.0 Å². The molecule has 27 heavy (non-hydrogen) atoms. The molecule has 10 heteroatoms. The van der Waals surface area contributed by atoms with Crippen molar-refractivity contribution in [2.75, 3.05) is 23.6 Å². The highest BCUT2D eigenvalue weighted by Gasteiger charge is 2.29. The number of aromatic nitrogens is 2. The summed E-state index contributed by atoms with van der Waals surface area (Å²) in [4.78, 5) is 17.4. The molecule has 148 valence electrons. The third kappa shape index (κ3) is 5.29. The molecule has 0 saturated heterocycles. The molecule has 0 bridgehead atoms. The zero-order chi connectivity index (χ0) is 20.2. The third-order valence-electron chi connectivity index (χ3n) is 4.00. The molecular formula is C17H20ClF3N4O2. The number of halogens is 4. The molecule has 1 aromatic carbocycles. The van der Waals surface area contributed by atoms with Crippen LogP contribution in [0.15, 0.2) is 30.7 Å². The summed E-state index contributed by atoms with van der Waals surface area (Å²) in [5, 5.41) is 0. The lowest BCUT2D eigenvalue weighted by Gasteiger charge is -2.31. The fraction of sp³-hybridized carbons (Fsp3) is 0.412. The van der Waals surface area contributed by atoms with Crippen LogP contribution in [0.3, 0.4) is 0 Å². The first-order valence-corrected chi connectivity index (χ1v) is 8.56. The summed E-state index contributed by atoms with van der Waals surface area (Å²) in [7, 11) is 1.26. The maximum absolute atomic E-state index is 12.8. The molecule has 6 nitrogen and oxygen atoms in total. The largest absolute Gasteiger partial charge is 0.465 e. The number of imidazole rings is 1. The van der Waals surface area contributed by atoms with Crippen molar-refractivity contribution >= 4 is 28.9 Å². The third-order valence-corrected chi connectivity index (χ3v) is 4.44. The van der Waals surface area contributed by atoms with Crippen molar-refractivity contribution < 1.29 is 22.7 Å². The van der Waals surface area contributed by atoms with Crippen LogP contribution in [0.1, 0.15) is 23.0 Å². The van der Waals surface area contributed by atoms with Crippen LogP contribution < -0.4 is 10.6 Å². The second kappa shape index (κ2) is 8.51. The summed E-state index contributed by atoms with van der Waals surface area (Å²) in [5.74, 6) is -0.341. The highest BCUT2D eigenvalue weighted by atomic mass is 35.5. The van der Waals surface area contributed by atoms with Crippen LogP contribution in [0.5, 0.6) is 0 Å². The number of carbonyl (C=O) groups excluding carboxylic acids is 1. The van der Waals surface area contributed by atoms with Gasteiger partial charge < -0.3 is 19.9 Å². The number of anilines is 2. The Morgan fingerprint density at radius 2 is 2.15 bits per heavy atom.